The molecule has 0 aliphatic heterocycles. The summed E-state index contributed by atoms with van der Waals surface area (Å²) in [5.41, 5.74) is 1.16. The predicted octanol–water partition coefficient (Wildman–Crippen LogP) is 1.89. The fraction of sp³-hybridized carbons (Fsp3) is 0.273. The molecule has 9 heteroatoms. The number of hydrogen-bond donors (Lipinski definition) is 3. The van der Waals surface area contributed by atoms with Crippen LogP contribution < -0.4 is 25.5 Å². The van der Waals surface area contributed by atoms with Gasteiger partial charge in [-0.2, -0.15) is 8.78 Å². The van der Waals surface area contributed by atoms with Gasteiger partial charge in [-0.25, -0.2) is 10.1 Å². The van der Waals surface area contributed by atoms with E-state index in [1.807, 2.05) is 30.3 Å². The molecule has 0 aliphatic carbocycles. The van der Waals surface area contributed by atoms with Gasteiger partial charge in [0.25, 0.3) is 5.84 Å². The average molecular weight is 434 g/mol. The second kappa shape index (κ2) is 12.3. The molecule has 1 amide bonds. The predicted molar refractivity (Wildman–Crippen MR) is 112 cm³/mol. The van der Waals surface area contributed by atoms with E-state index in [1.165, 1.54) is 12.1 Å². The monoisotopic (exact) mass is 434 g/mol. The van der Waals surface area contributed by atoms with Crippen molar-refractivity contribution >= 4 is 11.7 Å². The van der Waals surface area contributed by atoms with E-state index in [2.05, 4.69) is 15.4 Å². The minimum atomic E-state index is -2.89. The Morgan fingerprint density at radius 2 is 1.87 bits per heavy atom. The number of rotatable bonds is 11. The van der Waals surface area contributed by atoms with Crippen molar-refractivity contribution in [3.8, 4) is 11.5 Å². The van der Waals surface area contributed by atoms with E-state index >= 15 is 0 Å². The zero-order valence-electron chi connectivity index (χ0n) is 17.3. The van der Waals surface area contributed by atoms with Crippen LogP contribution in [-0.4, -0.2) is 38.1 Å². The third-order valence-electron chi connectivity index (χ3n) is 3.87. The lowest BCUT2D eigenvalue weighted by Gasteiger charge is -2.16. The Morgan fingerprint density at radius 1 is 1.16 bits per heavy atom. The Labute approximate surface area is 179 Å². The van der Waals surface area contributed by atoms with Gasteiger partial charge in [0, 0.05) is 25.4 Å². The molecule has 0 saturated carbocycles. The van der Waals surface area contributed by atoms with Crippen molar-refractivity contribution in [2.24, 2.45) is 0 Å². The van der Waals surface area contributed by atoms with Crippen molar-refractivity contribution < 1.29 is 33.2 Å². The number of nitrogens with one attached hydrogen (secondary N) is 2. The number of amidine groups is 1. The number of benzene rings is 2. The molecule has 31 heavy (non-hydrogen) atoms. The summed E-state index contributed by atoms with van der Waals surface area (Å²) in [7, 11) is 1.70. The molecule has 0 aliphatic rings. The number of alkyl halides is 2. The third kappa shape index (κ3) is 8.83. The van der Waals surface area contributed by atoms with E-state index in [0.29, 0.717) is 5.75 Å². The quantitative estimate of drug-likeness (QED) is 0.371. The molecule has 4 N–H and O–H groups in total. The van der Waals surface area contributed by atoms with Crippen molar-refractivity contribution in [2.75, 3.05) is 13.7 Å². The summed E-state index contributed by atoms with van der Waals surface area (Å²) in [5, 5.41) is 11.1. The lowest BCUT2D eigenvalue weighted by molar-refractivity contribution is -0.142. The number of ether oxygens (including phenoxy) is 3. The standard InChI is InChI=1S/C22H25F2N3O4/c1-15(13-30-22(23)24)31-19-11-17(21(28)27-20(25)8-9-26-2)10-18(12-19)29-14-16-6-4-3-5-7-16/h3-12,15,22,26H,13-14H2,1-2H3,(H2,25,27,28)/p+1/b9-8-/t15-/m0/s1. The minimum Gasteiger partial charge on any atom is -0.489 e. The fourth-order valence-electron chi connectivity index (χ4n) is 2.49. The molecule has 1 atom stereocenters. The molecule has 166 valence electrons. The van der Waals surface area contributed by atoms with Gasteiger partial charge in [0.1, 0.15) is 24.2 Å². The first-order valence-corrected chi connectivity index (χ1v) is 9.53. The molecule has 0 radical (unpaired) electrons. The molecule has 0 saturated heterocycles. The second-order valence-corrected chi connectivity index (χ2v) is 6.52. The molecular weight excluding hydrogens is 408 g/mol. The summed E-state index contributed by atoms with van der Waals surface area (Å²) in [6.07, 6.45) is 2.38. The van der Waals surface area contributed by atoms with Gasteiger partial charge in [0.05, 0.1) is 12.2 Å². The minimum absolute atomic E-state index is 0.135. The highest BCUT2D eigenvalue weighted by molar-refractivity contribution is 6.08. The van der Waals surface area contributed by atoms with E-state index in [9.17, 15) is 13.6 Å². The number of nitrogens with two attached hydrogens (primary N) is 1. The smallest absolute Gasteiger partial charge is 0.345 e. The largest absolute Gasteiger partial charge is 0.489 e. The van der Waals surface area contributed by atoms with Gasteiger partial charge in [-0.1, -0.05) is 30.3 Å². The molecule has 0 fully saturated rings. The molecule has 0 spiro atoms. The topological polar surface area (TPSA) is 94.4 Å². The van der Waals surface area contributed by atoms with Crippen LogP contribution in [0.15, 0.2) is 60.8 Å². The lowest BCUT2D eigenvalue weighted by Crippen LogP contribution is -2.49. The van der Waals surface area contributed by atoms with Crippen LogP contribution in [0, 0.1) is 0 Å². The SMILES string of the molecule is CN/C=C\C(=[NH2+])NC(=O)c1cc(OCc2ccccc2)cc(O[C@@H](C)COC(F)F)c1. The van der Waals surface area contributed by atoms with E-state index in [4.69, 9.17) is 14.9 Å². The first-order valence-electron chi connectivity index (χ1n) is 9.53. The van der Waals surface area contributed by atoms with E-state index < -0.39 is 18.6 Å². The summed E-state index contributed by atoms with van der Waals surface area (Å²) >= 11 is 0. The van der Waals surface area contributed by atoms with Gasteiger partial charge in [0.2, 0.25) is 0 Å². The van der Waals surface area contributed by atoms with Crippen LogP contribution in [0.1, 0.15) is 22.8 Å². The van der Waals surface area contributed by atoms with Crippen LogP contribution in [0.2, 0.25) is 0 Å². The zero-order chi connectivity index (χ0) is 22.6. The molecule has 2 rings (SSSR count). The molecular formula is C22H26F2N3O4+. The van der Waals surface area contributed by atoms with Crippen molar-refractivity contribution in [1.29, 1.82) is 0 Å². The Hall–Kier alpha value is -3.46. The van der Waals surface area contributed by atoms with Crippen LogP contribution in [-0.2, 0) is 11.3 Å². The molecule has 7 nitrogen and oxygen atoms in total. The highest BCUT2D eigenvalue weighted by atomic mass is 19.3. The van der Waals surface area contributed by atoms with Crippen LogP contribution in [0.3, 0.4) is 0 Å². The Morgan fingerprint density at radius 3 is 2.55 bits per heavy atom. The Bertz CT molecular complexity index is 892. The molecule has 0 unspecified atom stereocenters. The van der Waals surface area contributed by atoms with Gasteiger partial charge in [-0.05, 0) is 24.6 Å². The zero-order valence-corrected chi connectivity index (χ0v) is 17.3. The number of hydrogen-bond acceptors (Lipinski definition) is 5. The summed E-state index contributed by atoms with van der Waals surface area (Å²) in [5.74, 6) is 0.295. The first-order chi connectivity index (χ1) is 14.9. The van der Waals surface area contributed by atoms with Gasteiger partial charge in [0.15, 0.2) is 0 Å². The molecule has 0 bridgehead atoms. The maximum absolute atomic E-state index is 12.6. The lowest BCUT2D eigenvalue weighted by atomic mass is 10.1. The van der Waals surface area contributed by atoms with E-state index in [1.54, 1.807) is 32.3 Å². The van der Waals surface area contributed by atoms with Crippen LogP contribution in [0.5, 0.6) is 11.5 Å². The number of halogens is 2. The molecule has 2 aromatic rings. The summed E-state index contributed by atoms with van der Waals surface area (Å²) < 4.78 is 40.2. The van der Waals surface area contributed by atoms with Gasteiger partial charge < -0.3 is 19.5 Å². The van der Waals surface area contributed by atoms with Crippen molar-refractivity contribution in [2.45, 2.75) is 26.2 Å². The van der Waals surface area contributed by atoms with Crippen LogP contribution in [0.25, 0.3) is 0 Å². The number of amides is 1. The summed E-state index contributed by atoms with van der Waals surface area (Å²) in [6.45, 7) is -1.36. The molecule has 0 aromatic heterocycles. The highest BCUT2D eigenvalue weighted by Gasteiger charge is 2.17. The average Bonchev–Trinajstić information content (AvgIpc) is 2.75. The molecule has 0 heterocycles. The summed E-state index contributed by atoms with van der Waals surface area (Å²) in [4.78, 5) is 12.6. The second-order valence-electron chi connectivity index (χ2n) is 6.52. The van der Waals surface area contributed by atoms with Crippen LogP contribution >= 0.6 is 0 Å². The van der Waals surface area contributed by atoms with Gasteiger partial charge in [-0.3, -0.25) is 5.41 Å². The number of carbonyl (C=O) groups excluding carboxylic acids is 1. The Kier molecular flexibility index (Phi) is 9.44. The van der Waals surface area contributed by atoms with Crippen molar-refractivity contribution in [1.82, 2.24) is 10.6 Å². The van der Waals surface area contributed by atoms with E-state index in [-0.39, 0.29) is 30.4 Å². The first kappa shape index (κ1) is 23.8. The summed E-state index contributed by atoms with van der Waals surface area (Å²) in [6, 6.07) is 14.1. The normalized spacial score (nSPS) is 11.9. The van der Waals surface area contributed by atoms with Gasteiger partial charge in [-0.15, -0.1) is 0 Å². The Balaban J connectivity index is 2.18. The number of carbonyl (C=O) groups is 1. The maximum Gasteiger partial charge on any atom is 0.345 e. The van der Waals surface area contributed by atoms with E-state index in [0.717, 1.165) is 5.56 Å². The maximum atomic E-state index is 12.6. The highest BCUT2D eigenvalue weighted by Crippen LogP contribution is 2.25. The van der Waals surface area contributed by atoms with Gasteiger partial charge >= 0.3 is 12.5 Å². The fourth-order valence-corrected chi connectivity index (χ4v) is 2.49. The van der Waals surface area contributed by atoms with Crippen molar-refractivity contribution in [3.63, 3.8) is 0 Å². The van der Waals surface area contributed by atoms with Crippen LogP contribution in [0.4, 0.5) is 8.78 Å². The molecule has 2 aromatic carbocycles. The van der Waals surface area contributed by atoms with Crippen molar-refractivity contribution in [3.05, 3.63) is 71.9 Å². The third-order valence-corrected chi connectivity index (χ3v) is 3.87.